The summed E-state index contributed by atoms with van der Waals surface area (Å²) >= 11 is 0. The topological polar surface area (TPSA) is 65.5 Å². The van der Waals surface area contributed by atoms with Crippen LogP contribution in [0.2, 0.25) is 0 Å². The first-order valence-corrected chi connectivity index (χ1v) is 7.64. The highest BCUT2D eigenvalue weighted by atomic mass is 16.3. The van der Waals surface area contributed by atoms with Gasteiger partial charge in [-0.05, 0) is 37.3 Å². The van der Waals surface area contributed by atoms with Gasteiger partial charge in [0, 0.05) is 12.7 Å². The standard InChI is InChI=1S/C16H25N3O2/c1-11(2)14(15-12(3)6-4-8-17-15)18-16(21)19-9-5-7-13(19)10-20/h4,6,8,11,13-14,20H,5,7,9-10H2,1-3H3,(H,18,21). The van der Waals surface area contributed by atoms with Crippen molar-refractivity contribution in [3.63, 3.8) is 0 Å². The van der Waals surface area contributed by atoms with E-state index in [4.69, 9.17) is 0 Å². The lowest BCUT2D eigenvalue weighted by atomic mass is 9.97. The first-order chi connectivity index (χ1) is 10.0. The fourth-order valence-electron chi connectivity index (χ4n) is 2.88. The van der Waals surface area contributed by atoms with Crippen LogP contribution in [0, 0.1) is 12.8 Å². The van der Waals surface area contributed by atoms with Crippen molar-refractivity contribution in [3.05, 3.63) is 29.6 Å². The van der Waals surface area contributed by atoms with E-state index in [1.165, 1.54) is 0 Å². The third kappa shape index (κ3) is 3.53. The number of urea groups is 1. The molecule has 1 aromatic rings. The van der Waals surface area contributed by atoms with Crippen LogP contribution in [0.15, 0.2) is 18.3 Å². The Morgan fingerprint density at radius 2 is 2.33 bits per heavy atom. The third-order valence-electron chi connectivity index (χ3n) is 4.14. The van der Waals surface area contributed by atoms with Gasteiger partial charge in [0.15, 0.2) is 0 Å². The molecule has 2 heterocycles. The van der Waals surface area contributed by atoms with Crippen molar-refractivity contribution >= 4 is 6.03 Å². The van der Waals surface area contributed by atoms with Gasteiger partial charge in [-0.3, -0.25) is 4.98 Å². The molecule has 0 spiro atoms. The molecule has 2 amide bonds. The van der Waals surface area contributed by atoms with E-state index in [0.717, 1.165) is 24.1 Å². The number of aliphatic hydroxyl groups is 1. The van der Waals surface area contributed by atoms with E-state index in [-0.39, 0.29) is 30.6 Å². The molecule has 0 aliphatic carbocycles. The van der Waals surface area contributed by atoms with Gasteiger partial charge in [-0.25, -0.2) is 4.79 Å². The molecule has 0 bridgehead atoms. The maximum absolute atomic E-state index is 12.5. The summed E-state index contributed by atoms with van der Waals surface area (Å²) in [7, 11) is 0. The average Bonchev–Trinajstić information content (AvgIpc) is 2.93. The molecule has 0 radical (unpaired) electrons. The second kappa shape index (κ2) is 6.89. The molecule has 116 valence electrons. The summed E-state index contributed by atoms with van der Waals surface area (Å²) in [6, 6.07) is 3.65. The van der Waals surface area contributed by atoms with E-state index in [1.807, 2.05) is 19.1 Å². The van der Waals surface area contributed by atoms with Crippen LogP contribution in [0.1, 0.15) is 44.0 Å². The number of nitrogens with one attached hydrogen (secondary N) is 1. The molecule has 1 aliphatic rings. The lowest BCUT2D eigenvalue weighted by molar-refractivity contribution is 0.152. The molecule has 1 fully saturated rings. The van der Waals surface area contributed by atoms with E-state index in [1.54, 1.807) is 11.1 Å². The van der Waals surface area contributed by atoms with Crippen LogP contribution >= 0.6 is 0 Å². The van der Waals surface area contributed by atoms with E-state index >= 15 is 0 Å². The zero-order chi connectivity index (χ0) is 15.4. The summed E-state index contributed by atoms with van der Waals surface area (Å²) in [6.07, 6.45) is 3.59. The lowest BCUT2D eigenvalue weighted by Crippen LogP contribution is -2.46. The minimum absolute atomic E-state index is 0.0301. The van der Waals surface area contributed by atoms with Crippen LogP contribution in [-0.4, -0.2) is 40.2 Å². The third-order valence-corrected chi connectivity index (χ3v) is 4.14. The second-order valence-corrected chi connectivity index (χ2v) is 6.05. The molecule has 2 atom stereocenters. The molecular weight excluding hydrogens is 266 g/mol. The Bertz CT molecular complexity index is 490. The highest BCUT2D eigenvalue weighted by molar-refractivity contribution is 5.75. The zero-order valence-corrected chi connectivity index (χ0v) is 13.0. The predicted octanol–water partition coefficient (Wildman–Crippen LogP) is 2.25. The number of aryl methyl sites for hydroxylation is 1. The van der Waals surface area contributed by atoms with Gasteiger partial charge in [0.25, 0.3) is 0 Å². The van der Waals surface area contributed by atoms with E-state index < -0.39 is 0 Å². The number of pyridine rings is 1. The number of aliphatic hydroxyl groups excluding tert-OH is 1. The molecule has 5 heteroatoms. The molecule has 5 nitrogen and oxygen atoms in total. The van der Waals surface area contributed by atoms with Gasteiger partial charge in [-0.1, -0.05) is 19.9 Å². The summed E-state index contributed by atoms with van der Waals surface area (Å²) in [5.41, 5.74) is 2.00. The zero-order valence-electron chi connectivity index (χ0n) is 13.0. The average molecular weight is 291 g/mol. The number of hydrogen-bond donors (Lipinski definition) is 2. The SMILES string of the molecule is Cc1cccnc1C(NC(=O)N1CCCC1CO)C(C)C. The molecule has 1 saturated heterocycles. The maximum Gasteiger partial charge on any atom is 0.318 e. The van der Waals surface area contributed by atoms with Gasteiger partial charge in [0.05, 0.1) is 24.4 Å². The van der Waals surface area contributed by atoms with Crippen LogP contribution in [-0.2, 0) is 0 Å². The van der Waals surface area contributed by atoms with Gasteiger partial charge >= 0.3 is 6.03 Å². The normalized spacial score (nSPS) is 19.9. The van der Waals surface area contributed by atoms with E-state index in [2.05, 4.69) is 24.1 Å². The Morgan fingerprint density at radius 1 is 1.57 bits per heavy atom. The first kappa shape index (κ1) is 15.8. The Balaban J connectivity index is 2.14. The monoisotopic (exact) mass is 291 g/mol. The number of likely N-dealkylation sites (tertiary alicyclic amines) is 1. The van der Waals surface area contributed by atoms with Gasteiger partial charge in [0.1, 0.15) is 0 Å². The van der Waals surface area contributed by atoms with Gasteiger partial charge in [0.2, 0.25) is 0 Å². The molecule has 2 N–H and O–H groups in total. The van der Waals surface area contributed by atoms with Crippen molar-refractivity contribution < 1.29 is 9.90 Å². The summed E-state index contributed by atoms with van der Waals surface area (Å²) in [5, 5.41) is 12.4. The highest BCUT2D eigenvalue weighted by Crippen LogP contribution is 2.24. The van der Waals surface area contributed by atoms with Crippen LogP contribution in [0.25, 0.3) is 0 Å². The van der Waals surface area contributed by atoms with Crippen LogP contribution in [0.3, 0.4) is 0 Å². The molecule has 0 saturated carbocycles. The molecule has 2 unspecified atom stereocenters. The molecule has 0 aromatic carbocycles. The quantitative estimate of drug-likeness (QED) is 0.894. The van der Waals surface area contributed by atoms with Crippen molar-refractivity contribution in [2.75, 3.05) is 13.2 Å². The van der Waals surface area contributed by atoms with Crippen molar-refractivity contribution in [1.29, 1.82) is 0 Å². The van der Waals surface area contributed by atoms with Gasteiger partial charge < -0.3 is 15.3 Å². The Labute approximate surface area is 126 Å². The summed E-state index contributed by atoms with van der Waals surface area (Å²) < 4.78 is 0. The predicted molar refractivity (Wildman–Crippen MR) is 81.9 cm³/mol. The van der Waals surface area contributed by atoms with Crippen molar-refractivity contribution in [1.82, 2.24) is 15.2 Å². The second-order valence-electron chi connectivity index (χ2n) is 6.05. The Kier molecular flexibility index (Phi) is 5.17. The summed E-state index contributed by atoms with van der Waals surface area (Å²) in [4.78, 5) is 18.7. The van der Waals surface area contributed by atoms with Gasteiger partial charge in [-0.2, -0.15) is 0 Å². The number of hydrogen-bond acceptors (Lipinski definition) is 3. The number of aromatic nitrogens is 1. The fourth-order valence-corrected chi connectivity index (χ4v) is 2.88. The number of amides is 2. The number of carbonyl (C=O) groups is 1. The smallest absolute Gasteiger partial charge is 0.318 e. The molecule has 21 heavy (non-hydrogen) atoms. The van der Waals surface area contributed by atoms with Crippen molar-refractivity contribution in [2.45, 2.75) is 45.7 Å². The van der Waals surface area contributed by atoms with Crippen LogP contribution in [0.4, 0.5) is 4.79 Å². The number of rotatable bonds is 4. The highest BCUT2D eigenvalue weighted by Gasteiger charge is 2.30. The fraction of sp³-hybridized carbons (Fsp3) is 0.625. The van der Waals surface area contributed by atoms with Gasteiger partial charge in [-0.15, -0.1) is 0 Å². The summed E-state index contributed by atoms with van der Waals surface area (Å²) in [6.45, 7) is 6.90. The van der Waals surface area contributed by atoms with E-state index in [9.17, 15) is 9.90 Å². The molecule has 2 rings (SSSR count). The van der Waals surface area contributed by atoms with Crippen molar-refractivity contribution in [3.8, 4) is 0 Å². The maximum atomic E-state index is 12.5. The lowest BCUT2D eigenvalue weighted by Gasteiger charge is -2.29. The minimum Gasteiger partial charge on any atom is -0.394 e. The first-order valence-electron chi connectivity index (χ1n) is 7.64. The largest absolute Gasteiger partial charge is 0.394 e. The minimum atomic E-state index is -0.112. The van der Waals surface area contributed by atoms with Crippen molar-refractivity contribution in [2.24, 2.45) is 5.92 Å². The molecular formula is C16H25N3O2. The molecule has 1 aliphatic heterocycles. The summed E-state index contributed by atoms with van der Waals surface area (Å²) in [5.74, 6) is 0.248. The number of carbonyl (C=O) groups excluding carboxylic acids is 1. The Hall–Kier alpha value is -1.62. The van der Waals surface area contributed by atoms with Crippen LogP contribution in [0.5, 0.6) is 0 Å². The Morgan fingerprint density at radius 3 is 2.95 bits per heavy atom. The molecule has 1 aromatic heterocycles. The van der Waals surface area contributed by atoms with E-state index in [0.29, 0.717) is 6.54 Å². The number of nitrogens with zero attached hydrogens (tertiary/aromatic N) is 2. The van der Waals surface area contributed by atoms with Crippen LogP contribution < -0.4 is 5.32 Å².